The minimum absolute atomic E-state index is 0.0501. The van der Waals surface area contributed by atoms with E-state index in [1.165, 1.54) is 28.2 Å². The van der Waals surface area contributed by atoms with E-state index in [1.54, 1.807) is 19.9 Å². The Balaban J connectivity index is 0.785. The normalized spacial score (nSPS) is 15.8. The number of hydrogen-bond acceptors (Lipinski definition) is 11. The van der Waals surface area contributed by atoms with Crippen LogP contribution in [0.15, 0.2) is 108 Å². The van der Waals surface area contributed by atoms with Crippen molar-refractivity contribution in [1.82, 2.24) is 29.0 Å². The van der Waals surface area contributed by atoms with Crippen molar-refractivity contribution in [1.29, 1.82) is 10.5 Å². The minimum Gasteiger partial charge on any atom is -0.376 e. The number of hydrogen-bond donors (Lipinski definition) is 2. The summed E-state index contributed by atoms with van der Waals surface area (Å²) in [6, 6.07) is 38.0. The third-order valence-electron chi connectivity index (χ3n) is 15.9. The summed E-state index contributed by atoms with van der Waals surface area (Å²) >= 11 is 0. The molecule has 2 aliphatic rings. The lowest BCUT2D eigenvalue weighted by Crippen LogP contribution is -2.48. The van der Waals surface area contributed by atoms with Crippen molar-refractivity contribution < 1.29 is 22.7 Å². The maximum atomic E-state index is 13.6. The molecule has 2 N–H and O–H groups in total. The smallest absolute Gasteiger partial charge is 0.262 e. The first-order valence-electron chi connectivity index (χ1n) is 28.4. The summed E-state index contributed by atoms with van der Waals surface area (Å²) in [5.41, 5.74) is 5.66. The molecule has 81 heavy (non-hydrogen) atoms. The van der Waals surface area contributed by atoms with Crippen molar-refractivity contribution in [3.05, 3.63) is 119 Å². The molecule has 0 radical (unpaired) electrons. The monoisotopic (exact) mass is 1120 g/mol. The molecule has 2 saturated heterocycles. The number of carbonyl (C=O) groups excluding carboxylic acids is 1. The number of aromatic nitrogens is 2. The van der Waals surface area contributed by atoms with Crippen LogP contribution in [-0.4, -0.2) is 135 Å². The number of rotatable bonds is 21. The van der Waals surface area contributed by atoms with Crippen molar-refractivity contribution in [3.8, 4) is 34.7 Å². The van der Waals surface area contributed by atoms with Gasteiger partial charge in [-0.3, -0.25) is 9.69 Å². The number of anilines is 2. The molecule has 0 saturated carbocycles. The van der Waals surface area contributed by atoms with E-state index in [0.717, 1.165) is 104 Å². The number of nitrogens with one attached hydrogen (secondary N) is 2. The Bertz CT molecular complexity index is 3500. The highest BCUT2D eigenvalue weighted by Gasteiger charge is 2.30. The highest BCUT2D eigenvalue weighted by atomic mass is 32.2. The molecule has 2 fully saturated rings. The zero-order valence-electron chi connectivity index (χ0n) is 49.8. The molecular formula is C65H84N10O5S. The number of carbonyl (C=O) groups is 1. The second-order valence-electron chi connectivity index (χ2n) is 25.0. The molecule has 430 valence electrons. The number of likely N-dealkylation sites (N-methyl/N-ethyl adjacent to an activating group) is 1. The maximum absolute atomic E-state index is 13.6. The molecule has 0 atom stereocenters. The van der Waals surface area contributed by atoms with Crippen molar-refractivity contribution in [2.45, 2.75) is 104 Å². The first kappa shape index (κ1) is 60.3. The van der Waals surface area contributed by atoms with Crippen molar-refractivity contribution in [2.24, 2.45) is 14.1 Å². The molecule has 16 heteroatoms. The first-order chi connectivity index (χ1) is 38.2. The van der Waals surface area contributed by atoms with Gasteiger partial charge in [-0.1, -0.05) is 36.4 Å². The molecule has 0 spiro atoms. The Morgan fingerprint density at radius 1 is 0.580 bits per heavy atom. The maximum Gasteiger partial charge on any atom is 0.262 e. The number of fused-ring (bicyclic) bond motifs is 2. The summed E-state index contributed by atoms with van der Waals surface area (Å²) in [6.07, 6.45) is 4.97. The van der Waals surface area contributed by atoms with Crippen LogP contribution in [-0.2, 0) is 38.4 Å². The lowest BCUT2D eigenvalue weighted by atomic mass is 9.99. The summed E-state index contributed by atoms with van der Waals surface area (Å²) in [5, 5.41) is 27.8. The Labute approximate surface area is 481 Å². The van der Waals surface area contributed by atoms with Crippen LogP contribution in [0, 0.1) is 22.7 Å². The Morgan fingerprint density at radius 3 is 1.58 bits per heavy atom. The number of piperazine rings is 2. The Morgan fingerprint density at radius 2 is 1.06 bits per heavy atom. The molecular weight excluding hydrogens is 1030 g/mol. The van der Waals surface area contributed by atoms with E-state index in [-0.39, 0.29) is 21.7 Å². The van der Waals surface area contributed by atoms with Gasteiger partial charge in [0.25, 0.3) is 15.9 Å². The number of ether oxygens (including phenoxy) is 2. The molecule has 0 aliphatic carbocycles. The van der Waals surface area contributed by atoms with Crippen LogP contribution in [0.25, 0.3) is 56.2 Å². The van der Waals surface area contributed by atoms with Gasteiger partial charge in [0.15, 0.2) is 4.91 Å². The van der Waals surface area contributed by atoms with Gasteiger partial charge in [0, 0.05) is 131 Å². The second-order valence-corrected chi connectivity index (χ2v) is 26.6. The predicted octanol–water partition coefficient (Wildman–Crippen LogP) is 10.7. The summed E-state index contributed by atoms with van der Waals surface area (Å²) in [7, 11) is 1.91. The number of allylic oxidation sites excluding steroid dienone is 1. The van der Waals surface area contributed by atoms with E-state index in [9.17, 15) is 23.7 Å². The molecule has 15 nitrogen and oxygen atoms in total. The highest BCUT2D eigenvalue weighted by molar-refractivity contribution is 7.93. The zero-order valence-corrected chi connectivity index (χ0v) is 50.6. The summed E-state index contributed by atoms with van der Waals surface area (Å²) in [6.45, 7) is 27.2. The molecule has 0 bridgehead atoms. The quantitative estimate of drug-likeness (QED) is 0.0521. The molecule has 2 aliphatic heterocycles. The average molecular weight is 1120 g/mol. The Hall–Kier alpha value is -6.76. The largest absolute Gasteiger partial charge is 0.376 e. The average Bonchev–Trinajstić information content (AvgIpc) is 4.19. The van der Waals surface area contributed by atoms with E-state index in [2.05, 4.69) is 129 Å². The highest BCUT2D eigenvalue weighted by Crippen LogP contribution is 2.32. The van der Waals surface area contributed by atoms with Gasteiger partial charge in [-0.25, -0.2) is 13.1 Å². The minimum atomic E-state index is -4.10. The number of nitriles is 2. The number of nitrogens with zero attached hydrogens (tertiary/aromatic N) is 8. The lowest BCUT2D eigenvalue weighted by Gasteiger charge is -2.38. The van der Waals surface area contributed by atoms with Gasteiger partial charge in [-0.15, -0.1) is 0 Å². The van der Waals surface area contributed by atoms with E-state index in [4.69, 9.17) is 9.47 Å². The molecule has 4 aromatic carbocycles. The zero-order chi connectivity index (χ0) is 58.5. The fourth-order valence-electron chi connectivity index (χ4n) is 10.6. The number of benzene rings is 4. The SMILES string of the molecule is CN1CCN(c2ccc3cc(-c4ccc(/C=C(\C#N)C(=O)NC(C)(C)CCOC(C)(C)CCN5CCN(c6ccc7cc(-c8ccc(/C=C(\C#N)S(=O)(=O)NC(C)(C)CCOC(C)(C)C)n8C)ccc7c6)CC5)n4C)ccc3c2)CC1. The molecule has 8 rings (SSSR count). The van der Waals surface area contributed by atoms with E-state index >= 15 is 0 Å². The van der Waals surface area contributed by atoms with Gasteiger partial charge in [0.2, 0.25) is 0 Å². The van der Waals surface area contributed by atoms with Gasteiger partial charge in [-0.2, -0.15) is 10.5 Å². The van der Waals surface area contributed by atoms with Crippen LogP contribution >= 0.6 is 0 Å². The Kier molecular flexibility index (Phi) is 18.4. The lowest BCUT2D eigenvalue weighted by molar-refractivity contribution is -0.119. The van der Waals surface area contributed by atoms with Crippen molar-refractivity contribution in [3.63, 3.8) is 0 Å². The van der Waals surface area contributed by atoms with Crippen LogP contribution in [0.1, 0.15) is 93.0 Å². The molecule has 4 heterocycles. The topological polar surface area (TPSA) is 164 Å². The van der Waals surface area contributed by atoms with Gasteiger partial charge >= 0.3 is 0 Å². The molecule has 6 aromatic rings. The van der Waals surface area contributed by atoms with Gasteiger partial charge in [0.1, 0.15) is 17.7 Å². The van der Waals surface area contributed by atoms with E-state index in [1.807, 2.05) is 88.2 Å². The van der Waals surface area contributed by atoms with E-state index in [0.29, 0.717) is 31.7 Å². The van der Waals surface area contributed by atoms with Crippen LogP contribution in [0.2, 0.25) is 0 Å². The van der Waals surface area contributed by atoms with Crippen molar-refractivity contribution >= 4 is 61.0 Å². The van der Waals surface area contributed by atoms with Gasteiger partial charge < -0.3 is 38.6 Å². The second kappa shape index (κ2) is 24.8. The first-order valence-corrected chi connectivity index (χ1v) is 29.9. The fraction of sp³-hybridized carbons (Fsp3) is 0.462. The standard InChI is InChI=1S/C65H84N10O5S/c1-62(2,3)79-37-27-64(6,7)69-81(77,78)58(46-67)44-55-22-24-60(72(55)12)52-16-14-50-42-57(20-18-48(50)40-52)75-35-31-73(32-36-75)28-25-65(8,9)80-38-26-63(4,5)68-61(76)53(45-66)43-54-21-23-59(71(54)11)51-15-13-49-41-56(19-17-47(49)39-51)74-33-29-70(10)30-34-74/h13-24,39-44,69H,25-38H2,1-12H3,(H,68,76)/b53-43+,58-44+. The molecule has 0 unspecified atom stereocenters. The summed E-state index contributed by atoms with van der Waals surface area (Å²) in [4.78, 5) is 23.0. The third kappa shape index (κ3) is 15.6. The fourth-order valence-corrected chi connectivity index (χ4v) is 11.9. The molecule has 2 aromatic heterocycles. The summed E-state index contributed by atoms with van der Waals surface area (Å²) in [5.74, 6) is -0.409. The van der Waals surface area contributed by atoms with E-state index < -0.39 is 27.0 Å². The van der Waals surface area contributed by atoms with Crippen LogP contribution in [0.3, 0.4) is 0 Å². The van der Waals surface area contributed by atoms with Gasteiger partial charge in [-0.05, 0) is 194 Å². The summed E-state index contributed by atoms with van der Waals surface area (Å²) < 4.78 is 45.8. The number of sulfonamides is 1. The number of amides is 1. The van der Waals surface area contributed by atoms with Crippen LogP contribution in [0.5, 0.6) is 0 Å². The van der Waals surface area contributed by atoms with Crippen molar-refractivity contribution in [2.75, 3.05) is 89.0 Å². The molecule has 1 amide bonds. The van der Waals surface area contributed by atoms with Crippen LogP contribution in [0.4, 0.5) is 11.4 Å². The predicted molar refractivity (Wildman–Crippen MR) is 330 cm³/mol. The third-order valence-corrected chi connectivity index (χ3v) is 17.5. The van der Waals surface area contributed by atoms with Gasteiger partial charge in [0.05, 0.1) is 11.2 Å². The van der Waals surface area contributed by atoms with Crippen LogP contribution < -0.4 is 19.8 Å².